The molecule has 0 spiro atoms. The van der Waals surface area contributed by atoms with Crippen molar-refractivity contribution in [2.45, 2.75) is 65.5 Å². The first-order valence-corrected chi connectivity index (χ1v) is 7.49. The van der Waals surface area contributed by atoms with E-state index in [9.17, 15) is 0 Å². The summed E-state index contributed by atoms with van der Waals surface area (Å²) in [5.74, 6) is 1.62. The Morgan fingerprint density at radius 2 is 1.94 bits per heavy atom. The van der Waals surface area contributed by atoms with Gasteiger partial charge in [0.25, 0.3) is 0 Å². The SMILES string of the molecule is CCCNC1CCCC1CN(C)C(C)C(C)C. The molecule has 1 fully saturated rings. The average molecular weight is 240 g/mol. The van der Waals surface area contributed by atoms with Crippen molar-refractivity contribution in [1.82, 2.24) is 10.2 Å². The summed E-state index contributed by atoms with van der Waals surface area (Å²) in [7, 11) is 2.29. The molecule has 1 saturated carbocycles. The number of hydrogen-bond acceptors (Lipinski definition) is 2. The summed E-state index contributed by atoms with van der Waals surface area (Å²) in [6, 6.07) is 1.47. The first kappa shape index (κ1) is 15.0. The number of hydrogen-bond donors (Lipinski definition) is 1. The molecule has 0 aromatic carbocycles. The first-order valence-electron chi connectivity index (χ1n) is 7.49. The van der Waals surface area contributed by atoms with Crippen LogP contribution in [0.15, 0.2) is 0 Å². The molecule has 17 heavy (non-hydrogen) atoms. The van der Waals surface area contributed by atoms with Gasteiger partial charge in [0.2, 0.25) is 0 Å². The van der Waals surface area contributed by atoms with Gasteiger partial charge in [-0.3, -0.25) is 0 Å². The van der Waals surface area contributed by atoms with Gasteiger partial charge in [-0.05, 0) is 51.6 Å². The lowest BCUT2D eigenvalue weighted by atomic mass is 9.99. The third-order valence-corrected chi connectivity index (χ3v) is 4.50. The van der Waals surface area contributed by atoms with E-state index in [2.05, 4.69) is 45.0 Å². The second-order valence-corrected chi connectivity index (χ2v) is 6.18. The third-order valence-electron chi connectivity index (χ3n) is 4.50. The van der Waals surface area contributed by atoms with Crippen molar-refractivity contribution in [3.8, 4) is 0 Å². The maximum atomic E-state index is 3.73. The molecule has 1 aliphatic carbocycles. The van der Waals surface area contributed by atoms with E-state index in [4.69, 9.17) is 0 Å². The van der Waals surface area contributed by atoms with Crippen molar-refractivity contribution in [1.29, 1.82) is 0 Å². The smallest absolute Gasteiger partial charge is 0.0107 e. The lowest BCUT2D eigenvalue weighted by molar-refractivity contribution is 0.169. The molecule has 0 radical (unpaired) electrons. The quantitative estimate of drug-likeness (QED) is 0.735. The standard InChI is InChI=1S/C15H32N2/c1-6-10-16-15-9-7-8-14(15)11-17(5)13(4)12(2)3/h12-16H,6-11H2,1-5H3. The summed E-state index contributed by atoms with van der Waals surface area (Å²) in [5, 5.41) is 3.73. The van der Waals surface area contributed by atoms with E-state index >= 15 is 0 Å². The Bertz CT molecular complexity index is 203. The van der Waals surface area contributed by atoms with Crippen LogP contribution in [0.1, 0.15) is 53.4 Å². The first-order chi connectivity index (χ1) is 8.06. The zero-order valence-corrected chi connectivity index (χ0v) is 12.5. The molecule has 0 heterocycles. The van der Waals surface area contributed by atoms with Gasteiger partial charge in [0.15, 0.2) is 0 Å². The van der Waals surface area contributed by atoms with Crippen LogP contribution in [-0.2, 0) is 0 Å². The van der Waals surface area contributed by atoms with Crippen molar-refractivity contribution in [2.24, 2.45) is 11.8 Å². The van der Waals surface area contributed by atoms with Crippen LogP contribution in [0.5, 0.6) is 0 Å². The highest BCUT2D eigenvalue weighted by Crippen LogP contribution is 2.27. The fraction of sp³-hybridized carbons (Fsp3) is 1.00. The van der Waals surface area contributed by atoms with Gasteiger partial charge in [0, 0.05) is 18.6 Å². The van der Waals surface area contributed by atoms with Crippen molar-refractivity contribution in [3.05, 3.63) is 0 Å². The Morgan fingerprint density at radius 1 is 1.24 bits per heavy atom. The molecule has 0 aliphatic heterocycles. The summed E-state index contributed by atoms with van der Waals surface area (Å²) in [6.45, 7) is 11.7. The van der Waals surface area contributed by atoms with E-state index in [0.29, 0.717) is 6.04 Å². The minimum atomic E-state index is 0.697. The lowest BCUT2D eigenvalue weighted by Crippen LogP contribution is -2.42. The van der Waals surface area contributed by atoms with Crippen LogP contribution >= 0.6 is 0 Å². The summed E-state index contributed by atoms with van der Waals surface area (Å²) >= 11 is 0. The molecule has 0 aromatic rings. The number of nitrogens with one attached hydrogen (secondary N) is 1. The van der Waals surface area contributed by atoms with E-state index in [1.165, 1.54) is 38.8 Å². The molecule has 0 bridgehead atoms. The second kappa shape index (κ2) is 7.38. The summed E-state index contributed by atoms with van der Waals surface area (Å²) in [4.78, 5) is 2.56. The fourth-order valence-corrected chi connectivity index (χ4v) is 2.90. The maximum Gasteiger partial charge on any atom is 0.0107 e. The summed E-state index contributed by atoms with van der Waals surface area (Å²) in [5.41, 5.74) is 0. The van der Waals surface area contributed by atoms with Gasteiger partial charge < -0.3 is 10.2 Å². The number of rotatable bonds is 7. The van der Waals surface area contributed by atoms with Crippen LogP contribution in [0, 0.1) is 11.8 Å². The highest BCUT2D eigenvalue weighted by Gasteiger charge is 2.28. The van der Waals surface area contributed by atoms with Gasteiger partial charge in [-0.15, -0.1) is 0 Å². The van der Waals surface area contributed by atoms with Gasteiger partial charge in [0.05, 0.1) is 0 Å². The topological polar surface area (TPSA) is 15.3 Å². The van der Waals surface area contributed by atoms with Crippen LogP contribution in [0.25, 0.3) is 0 Å². The van der Waals surface area contributed by atoms with Gasteiger partial charge in [-0.2, -0.15) is 0 Å². The third kappa shape index (κ3) is 4.59. The number of nitrogens with zero attached hydrogens (tertiary/aromatic N) is 1. The molecule has 3 unspecified atom stereocenters. The van der Waals surface area contributed by atoms with Gasteiger partial charge in [0.1, 0.15) is 0 Å². The normalized spacial score (nSPS) is 27.0. The van der Waals surface area contributed by atoms with Crippen LogP contribution in [0.3, 0.4) is 0 Å². The predicted molar refractivity (Wildman–Crippen MR) is 76.4 cm³/mol. The van der Waals surface area contributed by atoms with Crippen LogP contribution in [0.2, 0.25) is 0 Å². The van der Waals surface area contributed by atoms with E-state index in [0.717, 1.165) is 17.9 Å². The highest BCUT2D eigenvalue weighted by atomic mass is 15.1. The fourth-order valence-electron chi connectivity index (χ4n) is 2.90. The van der Waals surface area contributed by atoms with Crippen molar-refractivity contribution in [2.75, 3.05) is 20.1 Å². The molecule has 0 aromatic heterocycles. The molecule has 3 atom stereocenters. The molecule has 1 aliphatic rings. The Labute approximate surface area is 108 Å². The molecular formula is C15H32N2. The monoisotopic (exact) mass is 240 g/mol. The molecular weight excluding hydrogens is 208 g/mol. The Kier molecular flexibility index (Phi) is 6.50. The second-order valence-electron chi connectivity index (χ2n) is 6.18. The maximum absolute atomic E-state index is 3.73. The molecule has 1 N–H and O–H groups in total. The van der Waals surface area contributed by atoms with Crippen LogP contribution in [-0.4, -0.2) is 37.1 Å². The molecule has 1 rings (SSSR count). The summed E-state index contributed by atoms with van der Waals surface area (Å²) in [6.07, 6.45) is 5.46. The molecule has 2 nitrogen and oxygen atoms in total. The minimum Gasteiger partial charge on any atom is -0.314 e. The van der Waals surface area contributed by atoms with Crippen LogP contribution < -0.4 is 5.32 Å². The van der Waals surface area contributed by atoms with E-state index in [1.54, 1.807) is 0 Å². The minimum absolute atomic E-state index is 0.697. The molecule has 102 valence electrons. The van der Waals surface area contributed by atoms with Crippen molar-refractivity contribution >= 4 is 0 Å². The Morgan fingerprint density at radius 3 is 2.53 bits per heavy atom. The lowest BCUT2D eigenvalue weighted by Gasteiger charge is -2.32. The van der Waals surface area contributed by atoms with E-state index in [-0.39, 0.29) is 0 Å². The van der Waals surface area contributed by atoms with E-state index in [1.807, 2.05) is 0 Å². The Balaban J connectivity index is 2.38. The van der Waals surface area contributed by atoms with Gasteiger partial charge in [-0.1, -0.05) is 27.2 Å². The average Bonchev–Trinajstić information content (AvgIpc) is 2.72. The largest absolute Gasteiger partial charge is 0.314 e. The molecule has 0 amide bonds. The zero-order chi connectivity index (χ0) is 12.8. The highest BCUT2D eigenvalue weighted by molar-refractivity contribution is 4.85. The van der Waals surface area contributed by atoms with Gasteiger partial charge >= 0.3 is 0 Å². The van der Waals surface area contributed by atoms with Gasteiger partial charge in [-0.25, -0.2) is 0 Å². The predicted octanol–water partition coefficient (Wildman–Crippen LogP) is 3.13. The van der Waals surface area contributed by atoms with Crippen molar-refractivity contribution < 1.29 is 0 Å². The Hall–Kier alpha value is -0.0800. The summed E-state index contributed by atoms with van der Waals surface area (Å²) < 4.78 is 0. The van der Waals surface area contributed by atoms with Crippen molar-refractivity contribution in [3.63, 3.8) is 0 Å². The van der Waals surface area contributed by atoms with Crippen LogP contribution in [0.4, 0.5) is 0 Å². The zero-order valence-electron chi connectivity index (χ0n) is 12.5. The molecule has 0 saturated heterocycles. The molecule has 2 heteroatoms. The van der Waals surface area contributed by atoms with E-state index < -0.39 is 0 Å².